The highest BCUT2D eigenvalue weighted by molar-refractivity contribution is 5.94. The fraction of sp³-hybridized carbons (Fsp3) is 0.417. The van der Waals surface area contributed by atoms with Crippen molar-refractivity contribution in [3.63, 3.8) is 0 Å². The lowest BCUT2D eigenvalue weighted by Crippen LogP contribution is -2.37. The van der Waals surface area contributed by atoms with Crippen LogP contribution in [-0.2, 0) is 0 Å². The minimum absolute atomic E-state index is 0.0131. The minimum atomic E-state index is -0.0592. The van der Waals surface area contributed by atoms with Gasteiger partial charge in [0, 0.05) is 18.2 Å². The van der Waals surface area contributed by atoms with Gasteiger partial charge in [0.15, 0.2) is 0 Å². The van der Waals surface area contributed by atoms with Gasteiger partial charge in [-0.25, -0.2) is 0 Å². The molecule has 0 aliphatic rings. The number of nitrogens with one attached hydrogen (secondary N) is 1. The van der Waals surface area contributed by atoms with E-state index in [0.717, 1.165) is 5.56 Å². The molecule has 0 aliphatic heterocycles. The van der Waals surface area contributed by atoms with Gasteiger partial charge in [-0.15, -0.1) is 0 Å². The summed E-state index contributed by atoms with van der Waals surface area (Å²) in [4.78, 5) is 11.7. The molecule has 1 atom stereocenters. The first kappa shape index (κ1) is 11.7. The fourth-order valence-corrected chi connectivity index (χ4v) is 1.25. The van der Waals surface area contributed by atoms with Crippen molar-refractivity contribution < 1.29 is 4.79 Å². The second-order valence-electron chi connectivity index (χ2n) is 3.91. The Hall–Kier alpha value is -1.35. The monoisotopic (exact) mass is 206 g/mol. The maximum Gasteiger partial charge on any atom is 0.251 e. The van der Waals surface area contributed by atoms with E-state index < -0.39 is 0 Å². The van der Waals surface area contributed by atoms with Crippen molar-refractivity contribution >= 4 is 5.91 Å². The van der Waals surface area contributed by atoms with Crippen molar-refractivity contribution in [3.8, 4) is 0 Å². The molecule has 0 spiro atoms. The Kier molecular flexibility index (Phi) is 3.86. The second kappa shape index (κ2) is 4.94. The van der Waals surface area contributed by atoms with Gasteiger partial charge in [-0.1, -0.05) is 6.07 Å². The molecule has 3 heteroatoms. The number of benzene rings is 1. The predicted octanol–water partition coefficient (Wildman–Crippen LogP) is 1.38. The highest BCUT2D eigenvalue weighted by Gasteiger charge is 2.08. The standard InChI is InChI=1S/C12H18N2O/c1-8-4-5-11(6-9(8)2)12(15)14-10(3)7-13/h4-6,10H,7,13H2,1-3H3,(H,14,15)/t10-/m0/s1. The number of hydrogen-bond acceptors (Lipinski definition) is 2. The van der Waals surface area contributed by atoms with Crippen molar-refractivity contribution in [2.24, 2.45) is 5.73 Å². The summed E-state index contributed by atoms with van der Waals surface area (Å²) in [6.07, 6.45) is 0. The summed E-state index contributed by atoms with van der Waals surface area (Å²) < 4.78 is 0. The Balaban J connectivity index is 2.78. The van der Waals surface area contributed by atoms with Crippen LogP contribution in [0.1, 0.15) is 28.4 Å². The van der Waals surface area contributed by atoms with Crippen LogP contribution in [0.2, 0.25) is 0 Å². The van der Waals surface area contributed by atoms with E-state index in [0.29, 0.717) is 12.1 Å². The van der Waals surface area contributed by atoms with E-state index in [9.17, 15) is 4.79 Å². The third-order valence-electron chi connectivity index (χ3n) is 2.50. The van der Waals surface area contributed by atoms with Crippen LogP contribution in [0.15, 0.2) is 18.2 Å². The second-order valence-corrected chi connectivity index (χ2v) is 3.91. The van der Waals surface area contributed by atoms with Gasteiger partial charge in [-0.05, 0) is 44.0 Å². The van der Waals surface area contributed by atoms with Crippen molar-refractivity contribution in [1.82, 2.24) is 5.32 Å². The predicted molar refractivity (Wildman–Crippen MR) is 61.9 cm³/mol. The molecule has 0 aromatic heterocycles. The highest BCUT2D eigenvalue weighted by Crippen LogP contribution is 2.09. The first-order valence-corrected chi connectivity index (χ1v) is 5.12. The third-order valence-corrected chi connectivity index (χ3v) is 2.50. The lowest BCUT2D eigenvalue weighted by atomic mass is 10.1. The maximum atomic E-state index is 11.7. The molecule has 0 unspecified atom stereocenters. The van der Waals surface area contributed by atoms with Crippen LogP contribution in [0.3, 0.4) is 0 Å². The van der Waals surface area contributed by atoms with E-state index in [1.165, 1.54) is 5.56 Å². The molecule has 15 heavy (non-hydrogen) atoms. The molecule has 0 aliphatic carbocycles. The number of nitrogens with two attached hydrogens (primary N) is 1. The smallest absolute Gasteiger partial charge is 0.251 e. The lowest BCUT2D eigenvalue weighted by Gasteiger charge is -2.11. The number of carbonyl (C=O) groups excluding carboxylic acids is 1. The molecule has 1 aromatic rings. The maximum absolute atomic E-state index is 11.7. The van der Waals surface area contributed by atoms with E-state index in [-0.39, 0.29) is 11.9 Å². The SMILES string of the molecule is Cc1ccc(C(=O)N[C@@H](C)CN)cc1C. The first-order chi connectivity index (χ1) is 7.04. The van der Waals surface area contributed by atoms with E-state index in [1.54, 1.807) is 0 Å². The zero-order valence-electron chi connectivity index (χ0n) is 9.50. The van der Waals surface area contributed by atoms with Crippen molar-refractivity contribution in [2.75, 3.05) is 6.54 Å². The van der Waals surface area contributed by atoms with E-state index in [4.69, 9.17) is 5.73 Å². The molecule has 1 rings (SSSR count). The van der Waals surface area contributed by atoms with Gasteiger partial charge in [0.2, 0.25) is 0 Å². The molecule has 1 amide bonds. The van der Waals surface area contributed by atoms with Gasteiger partial charge < -0.3 is 11.1 Å². The summed E-state index contributed by atoms with van der Waals surface area (Å²) in [7, 11) is 0. The number of aryl methyl sites for hydroxylation is 2. The van der Waals surface area contributed by atoms with Crippen LogP contribution in [0.4, 0.5) is 0 Å². The first-order valence-electron chi connectivity index (χ1n) is 5.12. The zero-order valence-corrected chi connectivity index (χ0v) is 9.50. The molecule has 0 saturated heterocycles. The summed E-state index contributed by atoms with van der Waals surface area (Å²) in [6.45, 7) is 6.37. The topological polar surface area (TPSA) is 55.1 Å². The lowest BCUT2D eigenvalue weighted by molar-refractivity contribution is 0.0941. The quantitative estimate of drug-likeness (QED) is 0.785. The van der Waals surface area contributed by atoms with Crippen molar-refractivity contribution in [3.05, 3.63) is 34.9 Å². The molecule has 3 N–H and O–H groups in total. The number of hydrogen-bond donors (Lipinski definition) is 2. The minimum Gasteiger partial charge on any atom is -0.348 e. The Labute approximate surface area is 90.7 Å². The largest absolute Gasteiger partial charge is 0.348 e. The molecule has 1 aromatic carbocycles. The van der Waals surface area contributed by atoms with Gasteiger partial charge >= 0.3 is 0 Å². The molecular weight excluding hydrogens is 188 g/mol. The number of amides is 1. The molecule has 0 bridgehead atoms. The molecular formula is C12H18N2O. The Morgan fingerprint density at radius 3 is 2.60 bits per heavy atom. The average molecular weight is 206 g/mol. The van der Waals surface area contributed by atoms with Gasteiger partial charge in [-0.3, -0.25) is 4.79 Å². The van der Waals surface area contributed by atoms with Crippen LogP contribution >= 0.6 is 0 Å². The zero-order chi connectivity index (χ0) is 11.4. The molecule has 0 fully saturated rings. The van der Waals surface area contributed by atoms with Crippen LogP contribution in [0.25, 0.3) is 0 Å². The molecule has 82 valence electrons. The normalized spacial score (nSPS) is 12.3. The number of carbonyl (C=O) groups is 1. The summed E-state index contributed by atoms with van der Waals surface area (Å²) >= 11 is 0. The summed E-state index contributed by atoms with van der Waals surface area (Å²) in [6, 6.07) is 5.70. The van der Waals surface area contributed by atoms with Crippen LogP contribution < -0.4 is 11.1 Å². The molecule has 0 heterocycles. The average Bonchev–Trinajstić information content (AvgIpc) is 2.21. The van der Waals surface area contributed by atoms with Crippen LogP contribution in [0.5, 0.6) is 0 Å². The fourth-order valence-electron chi connectivity index (χ4n) is 1.25. The van der Waals surface area contributed by atoms with Crippen LogP contribution in [-0.4, -0.2) is 18.5 Å². The molecule has 0 saturated carbocycles. The van der Waals surface area contributed by atoms with Gasteiger partial charge in [0.05, 0.1) is 0 Å². The van der Waals surface area contributed by atoms with Gasteiger partial charge in [-0.2, -0.15) is 0 Å². The van der Waals surface area contributed by atoms with Gasteiger partial charge in [0.1, 0.15) is 0 Å². The van der Waals surface area contributed by atoms with Crippen molar-refractivity contribution in [1.29, 1.82) is 0 Å². The Morgan fingerprint density at radius 2 is 2.07 bits per heavy atom. The Bertz CT molecular complexity index is 361. The van der Waals surface area contributed by atoms with E-state index in [1.807, 2.05) is 39.0 Å². The third kappa shape index (κ3) is 3.06. The van der Waals surface area contributed by atoms with Gasteiger partial charge in [0.25, 0.3) is 5.91 Å². The summed E-state index contributed by atoms with van der Waals surface area (Å²) in [5, 5.41) is 2.83. The molecule has 0 radical (unpaired) electrons. The number of rotatable bonds is 3. The Morgan fingerprint density at radius 1 is 1.40 bits per heavy atom. The molecule has 3 nitrogen and oxygen atoms in total. The van der Waals surface area contributed by atoms with Crippen molar-refractivity contribution in [2.45, 2.75) is 26.8 Å². The van der Waals surface area contributed by atoms with Crippen LogP contribution in [0, 0.1) is 13.8 Å². The summed E-state index contributed by atoms with van der Waals surface area (Å²) in [5.74, 6) is -0.0592. The van der Waals surface area contributed by atoms with E-state index in [2.05, 4.69) is 5.32 Å². The van der Waals surface area contributed by atoms with E-state index >= 15 is 0 Å². The highest BCUT2D eigenvalue weighted by atomic mass is 16.1. The summed E-state index contributed by atoms with van der Waals surface area (Å²) in [5.41, 5.74) is 8.45.